The molecule has 152 valence electrons. The molecule has 0 aliphatic carbocycles. The minimum absolute atomic E-state index is 0.128. The van der Waals surface area contributed by atoms with Gasteiger partial charge in [-0.3, -0.25) is 9.10 Å². The van der Waals surface area contributed by atoms with Gasteiger partial charge >= 0.3 is 0 Å². The predicted octanol–water partition coefficient (Wildman–Crippen LogP) is 3.35. The Morgan fingerprint density at radius 2 is 1.79 bits per heavy atom. The van der Waals surface area contributed by atoms with E-state index < -0.39 is 10.0 Å². The lowest BCUT2D eigenvalue weighted by Gasteiger charge is -2.24. The van der Waals surface area contributed by atoms with Gasteiger partial charge < -0.3 is 5.32 Å². The average molecular weight is 407 g/mol. The van der Waals surface area contributed by atoms with Crippen molar-refractivity contribution >= 4 is 21.6 Å². The van der Waals surface area contributed by atoms with E-state index in [4.69, 9.17) is 0 Å². The fraction of sp³-hybridized carbons (Fsp3) is 0.381. The molecule has 0 atom stereocenters. The molecule has 0 fully saturated rings. The molecule has 7 heteroatoms. The van der Waals surface area contributed by atoms with Crippen molar-refractivity contribution in [3.05, 3.63) is 65.0 Å². The molecule has 0 saturated carbocycles. The van der Waals surface area contributed by atoms with Gasteiger partial charge in [0.2, 0.25) is 15.9 Å². The predicted molar refractivity (Wildman–Crippen MR) is 110 cm³/mol. The third-order valence-corrected chi connectivity index (χ3v) is 5.84. The lowest BCUT2D eigenvalue weighted by molar-refractivity contribution is -0.121. The number of nitrogens with zero attached hydrogens (tertiary/aromatic N) is 1. The minimum atomic E-state index is -3.44. The second kappa shape index (κ2) is 9.68. The molecule has 2 aromatic rings. The fourth-order valence-corrected chi connectivity index (χ4v) is 3.96. The Hall–Kier alpha value is -2.41. The van der Waals surface area contributed by atoms with Crippen LogP contribution in [-0.2, 0) is 21.2 Å². The Balaban J connectivity index is 1.85. The second-order valence-electron chi connectivity index (χ2n) is 6.88. The number of benzene rings is 2. The number of sulfonamides is 1. The van der Waals surface area contributed by atoms with E-state index in [1.807, 2.05) is 26.0 Å². The zero-order chi connectivity index (χ0) is 20.7. The molecular weight excluding hydrogens is 379 g/mol. The molecule has 0 unspecified atom stereocenters. The summed E-state index contributed by atoms with van der Waals surface area (Å²) in [7, 11) is -3.44. The quantitative estimate of drug-likeness (QED) is 0.695. The third-order valence-electron chi connectivity index (χ3n) is 4.66. The summed E-state index contributed by atoms with van der Waals surface area (Å²) in [5, 5.41) is 2.82. The molecule has 1 amide bonds. The Bertz CT molecular complexity index is 912. The molecule has 0 bridgehead atoms. The number of carbonyl (C=O) groups is 1. The van der Waals surface area contributed by atoms with Crippen LogP contribution in [0.4, 0.5) is 10.1 Å². The van der Waals surface area contributed by atoms with Crippen molar-refractivity contribution in [3.63, 3.8) is 0 Å². The van der Waals surface area contributed by atoms with Gasteiger partial charge in [0.1, 0.15) is 5.82 Å². The second-order valence-corrected chi connectivity index (χ2v) is 8.79. The van der Waals surface area contributed by atoms with Gasteiger partial charge in [0.05, 0.1) is 11.9 Å². The lowest BCUT2D eigenvalue weighted by atomic mass is 10.1. The van der Waals surface area contributed by atoms with Crippen molar-refractivity contribution in [2.45, 2.75) is 33.1 Å². The highest BCUT2D eigenvalue weighted by Crippen LogP contribution is 2.25. The van der Waals surface area contributed by atoms with Crippen LogP contribution in [0.5, 0.6) is 0 Å². The average Bonchev–Trinajstić information content (AvgIpc) is 2.62. The minimum Gasteiger partial charge on any atom is -0.356 e. The smallest absolute Gasteiger partial charge is 0.232 e. The number of halogens is 1. The Kier molecular flexibility index (Phi) is 7.57. The van der Waals surface area contributed by atoms with E-state index in [0.29, 0.717) is 25.1 Å². The first kappa shape index (κ1) is 21.9. The molecule has 0 aliphatic rings. The van der Waals surface area contributed by atoms with Crippen LogP contribution in [0.25, 0.3) is 0 Å². The molecular formula is C21H27FN2O3S. The highest BCUT2D eigenvalue weighted by molar-refractivity contribution is 7.92. The summed E-state index contributed by atoms with van der Waals surface area (Å²) in [4.78, 5) is 12.0. The topological polar surface area (TPSA) is 66.5 Å². The number of hydrogen-bond donors (Lipinski definition) is 1. The van der Waals surface area contributed by atoms with E-state index in [1.54, 1.807) is 18.2 Å². The molecule has 2 rings (SSSR count). The van der Waals surface area contributed by atoms with Crippen molar-refractivity contribution < 1.29 is 17.6 Å². The standard InChI is InChI=1S/C21H27FN2O3S/c1-16-6-4-7-20(17(16)2)24(28(3,26)27)15-5-8-21(25)23-14-13-18-9-11-19(22)12-10-18/h4,6-7,9-12H,5,8,13-15H2,1-3H3,(H,23,25). The van der Waals surface area contributed by atoms with Gasteiger partial charge in [-0.2, -0.15) is 0 Å². The van der Waals surface area contributed by atoms with Crippen molar-refractivity contribution in [1.29, 1.82) is 0 Å². The number of carbonyl (C=O) groups excluding carboxylic acids is 1. The summed E-state index contributed by atoms with van der Waals surface area (Å²) < 4.78 is 38.7. The number of rotatable bonds is 9. The SMILES string of the molecule is Cc1cccc(N(CCCC(=O)NCCc2ccc(F)cc2)S(C)(=O)=O)c1C. The third kappa shape index (κ3) is 6.34. The van der Waals surface area contributed by atoms with E-state index in [9.17, 15) is 17.6 Å². The number of amides is 1. The maximum atomic E-state index is 12.9. The summed E-state index contributed by atoms with van der Waals surface area (Å²) in [5.41, 5.74) is 3.53. The van der Waals surface area contributed by atoms with Crippen molar-refractivity contribution in [3.8, 4) is 0 Å². The highest BCUT2D eigenvalue weighted by atomic mass is 32.2. The maximum absolute atomic E-state index is 12.9. The monoisotopic (exact) mass is 406 g/mol. The van der Waals surface area contributed by atoms with Crippen molar-refractivity contribution in [2.75, 3.05) is 23.7 Å². The number of nitrogens with one attached hydrogen (secondary N) is 1. The van der Waals surface area contributed by atoms with Crippen LogP contribution < -0.4 is 9.62 Å². The van der Waals surface area contributed by atoms with Gasteiger partial charge in [-0.1, -0.05) is 24.3 Å². The molecule has 0 radical (unpaired) electrons. The van der Waals surface area contributed by atoms with Gasteiger partial charge in [0.15, 0.2) is 0 Å². The Labute approximate surface area is 166 Å². The van der Waals surface area contributed by atoms with Crippen LogP contribution in [-0.4, -0.2) is 33.7 Å². The summed E-state index contributed by atoms with van der Waals surface area (Å²) in [6.45, 7) is 4.53. The van der Waals surface area contributed by atoms with Gasteiger partial charge in [0, 0.05) is 19.5 Å². The molecule has 0 aliphatic heterocycles. The fourth-order valence-electron chi connectivity index (χ4n) is 2.94. The molecule has 5 nitrogen and oxygen atoms in total. The normalized spacial score (nSPS) is 11.3. The zero-order valence-corrected chi connectivity index (χ0v) is 17.4. The first-order valence-corrected chi connectivity index (χ1v) is 11.1. The molecule has 0 heterocycles. The maximum Gasteiger partial charge on any atom is 0.232 e. The van der Waals surface area contributed by atoms with Crippen LogP contribution >= 0.6 is 0 Å². The van der Waals surface area contributed by atoms with Gasteiger partial charge in [-0.25, -0.2) is 12.8 Å². The van der Waals surface area contributed by atoms with Crippen LogP contribution in [0, 0.1) is 19.7 Å². The molecule has 0 spiro atoms. The largest absolute Gasteiger partial charge is 0.356 e. The zero-order valence-electron chi connectivity index (χ0n) is 16.5. The first-order valence-electron chi connectivity index (χ1n) is 9.23. The van der Waals surface area contributed by atoms with E-state index >= 15 is 0 Å². The van der Waals surface area contributed by atoms with E-state index in [0.717, 1.165) is 16.7 Å². The summed E-state index contributed by atoms with van der Waals surface area (Å²) in [6.07, 6.45) is 2.45. The van der Waals surface area contributed by atoms with E-state index in [-0.39, 0.29) is 24.7 Å². The summed E-state index contributed by atoms with van der Waals surface area (Å²) in [6, 6.07) is 11.7. The van der Waals surface area contributed by atoms with Crippen LogP contribution in [0.15, 0.2) is 42.5 Å². The van der Waals surface area contributed by atoms with Gasteiger partial charge in [0.25, 0.3) is 0 Å². The molecule has 0 aromatic heterocycles. The Morgan fingerprint density at radius 3 is 2.43 bits per heavy atom. The van der Waals surface area contributed by atoms with Crippen LogP contribution in [0.3, 0.4) is 0 Å². The van der Waals surface area contributed by atoms with Crippen molar-refractivity contribution in [1.82, 2.24) is 5.32 Å². The number of anilines is 1. The Morgan fingerprint density at radius 1 is 1.11 bits per heavy atom. The van der Waals surface area contributed by atoms with E-state index in [1.165, 1.54) is 22.7 Å². The summed E-state index contributed by atoms with van der Waals surface area (Å²) in [5.74, 6) is -0.413. The van der Waals surface area contributed by atoms with Crippen LogP contribution in [0.1, 0.15) is 29.5 Å². The van der Waals surface area contributed by atoms with Gasteiger partial charge in [-0.05, 0) is 61.6 Å². The summed E-state index contributed by atoms with van der Waals surface area (Å²) >= 11 is 0. The number of hydrogen-bond acceptors (Lipinski definition) is 3. The molecule has 0 saturated heterocycles. The van der Waals surface area contributed by atoms with Gasteiger partial charge in [-0.15, -0.1) is 0 Å². The highest BCUT2D eigenvalue weighted by Gasteiger charge is 2.19. The van der Waals surface area contributed by atoms with Crippen LogP contribution in [0.2, 0.25) is 0 Å². The first-order chi connectivity index (χ1) is 13.2. The number of aryl methyl sites for hydroxylation is 1. The molecule has 1 N–H and O–H groups in total. The molecule has 28 heavy (non-hydrogen) atoms. The lowest BCUT2D eigenvalue weighted by Crippen LogP contribution is -2.33. The van der Waals surface area contributed by atoms with Crippen molar-refractivity contribution in [2.24, 2.45) is 0 Å². The molecule has 2 aromatic carbocycles. The van der Waals surface area contributed by atoms with E-state index in [2.05, 4.69) is 5.32 Å².